The highest BCUT2D eigenvalue weighted by Crippen LogP contribution is 2.36. The van der Waals surface area contributed by atoms with Crippen LogP contribution in [-0.4, -0.2) is 49.5 Å². The third kappa shape index (κ3) is 10.3. The summed E-state index contributed by atoms with van der Waals surface area (Å²) in [6.07, 6.45) is -5.71. The fourth-order valence-electron chi connectivity index (χ4n) is 8.34. The van der Waals surface area contributed by atoms with Gasteiger partial charge in [-0.3, -0.25) is 27.9 Å². The van der Waals surface area contributed by atoms with E-state index in [0.717, 1.165) is 42.5 Å². The number of halogens is 7. The molecule has 0 aliphatic heterocycles. The first-order valence-corrected chi connectivity index (χ1v) is 23.3. The number of alkyl halides is 6. The van der Waals surface area contributed by atoms with Gasteiger partial charge in [-0.1, -0.05) is 57.2 Å². The molecule has 1 N–H and O–H groups in total. The molecule has 0 aliphatic carbocycles. The normalized spacial score (nSPS) is 11.6. The maximum Gasteiger partial charge on any atom is 0.416 e. The third-order valence-electron chi connectivity index (χ3n) is 11.9. The van der Waals surface area contributed by atoms with E-state index in [-0.39, 0.29) is 52.9 Å². The largest absolute Gasteiger partial charge is 0.416 e. The van der Waals surface area contributed by atoms with Crippen molar-refractivity contribution < 1.29 is 31.4 Å². The molecule has 380 valence electrons. The quantitative estimate of drug-likeness (QED) is 0.1000. The SMILES string of the molecule is [C-]#[N+]c1ccc(-n2ncc(Br)c2-c2c(C)n(-c3cccc(C(F)(F)F)c3)c(=O)n(CCC)c2=O)cc1.[C-]#[N+]c1ccc(-n2ncc(C(C)C)c2-c2c(C)n(-c3cccc(C(F)(F)F)c3)c(=O)n(CCO)c2=O)cc1. The van der Waals surface area contributed by atoms with Crippen LogP contribution in [0.25, 0.3) is 55.0 Å². The van der Waals surface area contributed by atoms with Gasteiger partial charge in [0.05, 0.1) is 99.6 Å². The van der Waals surface area contributed by atoms with E-state index in [1.165, 1.54) is 53.7 Å². The second kappa shape index (κ2) is 21.4. The summed E-state index contributed by atoms with van der Waals surface area (Å²) >= 11 is 3.43. The molecule has 0 bridgehead atoms. The standard InChI is InChI=1S/C27H24F3N5O3.C25H19BrF3N5O2/c1-16(2)22-15-32-35(20-10-8-19(31-4)9-11-20)24(22)23-17(3)34(26(38)33(12-13-36)25(23)37)21-7-5-6-18(14-21)27(28,29)30;1-4-12-32-23(35)21(22-20(26)14-31-34(22)18-10-8-17(30-3)9-11-18)15(2)33(24(32)36)19-7-5-6-16(13-19)25(27,28)29/h5-11,14-16,36H,12-13H2,1-3H3;5-11,13-14H,4,12H2,1-2H3. The smallest absolute Gasteiger partial charge is 0.395 e. The third-order valence-corrected chi connectivity index (χ3v) is 12.4. The van der Waals surface area contributed by atoms with Crippen molar-refractivity contribution in [1.29, 1.82) is 0 Å². The number of hydrogen-bond donors (Lipinski definition) is 1. The molecular weight excluding hydrogens is 1040 g/mol. The topological polar surface area (TPSA) is 153 Å². The van der Waals surface area contributed by atoms with Gasteiger partial charge < -0.3 is 5.11 Å². The van der Waals surface area contributed by atoms with E-state index in [4.69, 9.17) is 13.1 Å². The van der Waals surface area contributed by atoms with Crippen molar-refractivity contribution in [3.63, 3.8) is 0 Å². The fraction of sp³-hybridized carbons (Fsp3) is 0.231. The molecule has 4 aromatic heterocycles. The van der Waals surface area contributed by atoms with E-state index in [2.05, 4.69) is 35.8 Å². The summed E-state index contributed by atoms with van der Waals surface area (Å²) in [6.45, 7) is 22.1. The van der Waals surface area contributed by atoms with Crippen LogP contribution in [0.1, 0.15) is 61.2 Å². The molecule has 0 amide bonds. The molecule has 22 heteroatoms. The van der Waals surface area contributed by atoms with Crippen LogP contribution in [0, 0.1) is 27.0 Å². The van der Waals surface area contributed by atoms with Crippen LogP contribution < -0.4 is 22.5 Å². The summed E-state index contributed by atoms with van der Waals surface area (Å²) in [5, 5.41) is 18.4. The van der Waals surface area contributed by atoms with Crippen molar-refractivity contribution in [3.05, 3.63) is 207 Å². The first-order chi connectivity index (χ1) is 35.1. The van der Waals surface area contributed by atoms with E-state index in [1.54, 1.807) is 61.7 Å². The van der Waals surface area contributed by atoms with Gasteiger partial charge in [-0.25, -0.2) is 28.6 Å². The molecule has 0 radical (unpaired) electrons. The van der Waals surface area contributed by atoms with Crippen molar-refractivity contribution in [2.75, 3.05) is 6.61 Å². The zero-order chi connectivity index (χ0) is 54.0. The number of aliphatic hydroxyl groups is 1. The van der Waals surface area contributed by atoms with Crippen LogP contribution in [0.4, 0.5) is 37.7 Å². The lowest BCUT2D eigenvalue weighted by Crippen LogP contribution is -2.42. The molecule has 0 saturated carbocycles. The molecule has 0 aliphatic rings. The molecule has 8 rings (SSSR count). The Bertz CT molecular complexity index is 3760. The number of aliphatic hydroxyl groups excluding tert-OH is 1. The predicted octanol–water partition coefficient (Wildman–Crippen LogP) is 10.7. The van der Waals surface area contributed by atoms with Crippen LogP contribution in [0.3, 0.4) is 0 Å². The van der Waals surface area contributed by atoms with E-state index in [0.29, 0.717) is 50.6 Å². The fourth-order valence-corrected chi connectivity index (χ4v) is 8.79. The van der Waals surface area contributed by atoms with Gasteiger partial charge in [-0.2, -0.15) is 36.5 Å². The molecule has 0 fully saturated rings. The summed E-state index contributed by atoms with van der Waals surface area (Å²) in [6, 6.07) is 21.8. The van der Waals surface area contributed by atoms with Gasteiger partial charge in [-0.15, -0.1) is 0 Å². The number of benzene rings is 4. The monoisotopic (exact) mass is 1080 g/mol. The highest BCUT2D eigenvalue weighted by atomic mass is 79.9. The molecule has 4 heterocycles. The van der Waals surface area contributed by atoms with Crippen LogP contribution in [0.15, 0.2) is 133 Å². The maximum absolute atomic E-state index is 13.7. The average Bonchev–Trinajstić information content (AvgIpc) is 3.98. The van der Waals surface area contributed by atoms with E-state index in [9.17, 15) is 50.6 Å². The minimum Gasteiger partial charge on any atom is -0.395 e. The summed E-state index contributed by atoms with van der Waals surface area (Å²) in [5.74, 6) is -0.111. The summed E-state index contributed by atoms with van der Waals surface area (Å²) < 4.78 is 88.2. The number of aromatic nitrogens is 8. The van der Waals surface area contributed by atoms with Gasteiger partial charge in [0.25, 0.3) is 11.1 Å². The zero-order valence-corrected chi connectivity index (χ0v) is 41.6. The Labute approximate surface area is 425 Å². The van der Waals surface area contributed by atoms with Crippen LogP contribution in [0.5, 0.6) is 0 Å². The van der Waals surface area contributed by atoms with Gasteiger partial charge in [0.15, 0.2) is 11.4 Å². The first kappa shape index (κ1) is 53.5. The van der Waals surface area contributed by atoms with Gasteiger partial charge in [0.2, 0.25) is 0 Å². The van der Waals surface area contributed by atoms with Crippen molar-refractivity contribution in [2.45, 2.75) is 72.4 Å². The zero-order valence-electron chi connectivity index (χ0n) is 40.0. The van der Waals surface area contributed by atoms with Crippen molar-refractivity contribution in [3.8, 4) is 45.3 Å². The molecule has 74 heavy (non-hydrogen) atoms. The average molecular weight is 1080 g/mol. The number of hydrogen-bond acceptors (Lipinski definition) is 7. The lowest BCUT2D eigenvalue weighted by atomic mass is 9.98. The molecule has 0 unspecified atom stereocenters. The lowest BCUT2D eigenvalue weighted by Gasteiger charge is -2.20. The predicted molar refractivity (Wildman–Crippen MR) is 269 cm³/mol. The Morgan fingerprint density at radius 2 is 1.04 bits per heavy atom. The van der Waals surface area contributed by atoms with Gasteiger partial charge in [0, 0.05) is 23.5 Å². The molecule has 15 nitrogen and oxygen atoms in total. The molecule has 8 aromatic rings. The molecule has 0 spiro atoms. The Balaban J connectivity index is 0.000000217. The summed E-state index contributed by atoms with van der Waals surface area (Å²) in [4.78, 5) is 60.9. The summed E-state index contributed by atoms with van der Waals surface area (Å²) in [5.41, 5.74) is -1.08. The Morgan fingerprint density at radius 3 is 1.45 bits per heavy atom. The Hall–Kier alpha value is -8.34. The highest BCUT2D eigenvalue weighted by molar-refractivity contribution is 9.10. The minimum absolute atomic E-state index is 0.0120. The van der Waals surface area contributed by atoms with Gasteiger partial charge >= 0.3 is 23.7 Å². The van der Waals surface area contributed by atoms with Crippen molar-refractivity contribution in [1.82, 2.24) is 37.8 Å². The Kier molecular flexibility index (Phi) is 15.5. The van der Waals surface area contributed by atoms with Gasteiger partial charge in [-0.05, 0) is 103 Å². The summed E-state index contributed by atoms with van der Waals surface area (Å²) in [7, 11) is 0. The Morgan fingerprint density at radius 1 is 0.622 bits per heavy atom. The van der Waals surface area contributed by atoms with Crippen LogP contribution >= 0.6 is 15.9 Å². The van der Waals surface area contributed by atoms with Gasteiger partial charge in [0.1, 0.15) is 0 Å². The van der Waals surface area contributed by atoms with Crippen LogP contribution in [-0.2, 0) is 25.4 Å². The lowest BCUT2D eigenvalue weighted by molar-refractivity contribution is -0.138. The first-order valence-electron chi connectivity index (χ1n) is 22.5. The second-order valence-corrected chi connectivity index (χ2v) is 17.8. The van der Waals surface area contributed by atoms with Crippen molar-refractivity contribution in [2.24, 2.45) is 0 Å². The number of nitrogens with zero attached hydrogens (tertiary/aromatic N) is 10. The van der Waals surface area contributed by atoms with Crippen molar-refractivity contribution >= 4 is 27.3 Å². The minimum atomic E-state index is -4.64. The number of rotatable bonds is 11. The van der Waals surface area contributed by atoms with E-state index < -0.39 is 52.6 Å². The second-order valence-electron chi connectivity index (χ2n) is 16.9. The van der Waals surface area contributed by atoms with Crippen LogP contribution in [0.2, 0.25) is 0 Å². The molecule has 0 saturated heterocycles. The molecular formula is C52H43BrF6N10O5. The molecule has 4 aromatic carbocycles. The highest BCUT2D eigenvalue weighted by Gasteiger charge is 2.33. The van der Waals surface area contributed by atoms with E-state index in [1.807, 2.05) is 13.8 Å². The van der Waals surface area contributed by atoms with E-state index >= 15 is 0 Å². The molecule has 0 atom stereocenters. The maximum atomic E-state index is 13.7.